The number of aromatic nitrogens is 1. The molecule has 130 valence electrons. The van der Waals surface area contributed by atoms with Gasteiger partial charge in [0.05, 0.1) is 12.2 Å². The molecule has 1 fully saturated rings. The maximum Gasteiger partial charge on any atom is 0.212 e. The zero-order chi connectivity index (χ0) is 17.5. The van der Waals surface area contributed by atoms with E-state index in [9.17, 15) is 5.26 Å². The number of hydrogen-bond acceptors (Lipinski definition) is 6. The Kier molecular flexibility index (Phi) is 6.34. The zero-order valence-electron chi connectivity index (χ0n) is 13.4. The standard InChI is InChI=1S/C14H23N9S/c15-4-5-20-13(19)23(8-16)10-3-1-2-9(6-10)11-7-24-14(21-11)22-12(17)18/h7,9-10H,1-6,15H2,(H2,19,20)(H4,17,18,21,22). The molecule has 1 aromatic rings. The Labute approximate surface area is 145 Å². The lowest BCUT2D eigenvalue weighted by Crippen LogP contribution is -2.43. The van der Waals surface area contributed by atoms with Crippen LogP contribution in [0.25, 0.3) is 0 Å². The number of rotatable bonds is 5. The number of thiazole rings is 1. The van der Waals surface area contributed by atoms with Crippen molar-refractivity contribution in [3.63, 3.8) is 0 Å². The summed E-state index contributed by atoms with van der Waals surface area (Å²) in [6, 6.07) is 0.0171. The molecule has 2 unspecified atom stereocenters. The third-order valence-corrected chi connectivity index (χ3v) is 4.67. The van der Waals surface area contributed by atoms with Gasteiger partial charge in [-0.2, -0.15) is 10.3 Å². The first-order valence-electron chi connectivity index (χ1n) is 7.79. The van der Waals surface area contributed by atoms with Crippen molar-refractivity contribution in [1.29, 1.82) is 5.26 Å². The highest BCUT2D eigenvalue weighted by molar-refractivity contribution is 7.13. The molecule has 1 aliphatic carbocycles. The molecule has 2 atom stereocenters. The second kappa shape index (κ2) is 8.47. The van der Waals surface area contributed by atoms with E-state index in [1.165, 1.54) is 16.2 Å². The van der Waals surface area contributed by atoms with Crippen LogP contribution in [0.3, 0.4) is 0 Å². The molecule has 9 nitrogen and oxygen atoms in total. The SMILES string of the molecule is N#CN(C(N)=NCCN)C1CCCC(c2csc(N=C(N)N)n2)C1. The van der Waals surface area contributed by atoms with Crippen molar-refractivity contribution in [2.75, 3.05) is 13.1 Å². The van der Waals surface area contributed by atoms with E-state index in [0.717, 1.165) is 31.4 Å². The van der Waals surface area contributed by atoms with Crippen molar-refractivity contribution >= 4 is 28.4 Å². The van der Waals surface area contributed by atoms with E-state index in [1.54, 1.807) is 0 Å². The van der Waals surface area contributed by atoms with Crippen molar-refractivity contribution < 1.29 is 0 Å². The number of aliphatic imine (C=N–C) groups is 2. The van der Waals surface area contributed by atoms with Crippen LogP contribution in [0.4, 0.5) is 5.13 Å². The number of guanidine groups is 2. The molecule has 10 heteroatoms. The van der Waals surface area contributed by atoms with Crippen molar-refractivity contribution in [2.24, 2.45) is 32.9 Å². The molecule has 0 radical (unpaired) electrons. The van der Waals surface area contributed by atoms with Gasteiger partial charge in [-0.25, -0.2) is 9.88 Å². The fraction of sp³-hybridized carbons (Fsp3) is 0.571. The molecule has 0 saturated heterocycles. The minimum Gasteiger partial charge on any atom is -0.370 e. The first kappa shape index (κ1) is 18.0. The Balaban J connectivity index is 2.09. The fourth-order valence-electron chi connectivity index (χ4n) is 2.87. The van der Waals surface area contributed by atoms with Crippen molar-refractivity contribution in [2.45, 2.75) is 37.6 Å². The van der Waals surface area contributed by atoms with Crippen molar-refractivity contribution in [1.82, 2.24) is 9.88 Å². The summed E-state index contributed by atoms with van der Waals surface area (Å²) in [5.41, 5.74) is 23.1. The first-order chi connectivity index (χ1) is 11.5. The third kappa shape index (κ3) is 4.56. The molecule has 1 aliphatic rings. The molecule has 1 saturated carbocycles. The molecule has 1 aromatic heterocycles. The Bertz CT molecular complexity index is 641. The molecule has 0 amide bonds. The maximum absolute atomic E-state index is 9.43. The monoisotopic (exact) mass is 349 g/mol. The second-order valence-corrected chi connectivity index (χ2v) is 6.44. The number of hydrogen-bond donors (Lipinski definition) is 4. The summed E-state index contributed by atoms with van der Waals surface area (Å²) in [6.07, 6.45) is 5.84. The van der Waals surface area contributed by atoms with Crippen LogP contribution in [-0.4, -0.2) is 40.9 Å². The van der Waals surface area contributed by atoms with Gasteiger partial charge in [0.1, 0.15) is 0 Å². The average Bonchev–Trinajstić information content (AvgIpc) is 3.01. The van der Waals surface area contributed by atoms with Gasteiger partial charge >= 0.3 is 0 Å². The van der Waals surface area contributed by atoms with Gasteiger partial charge in [0.2, 0.25) is 11.1 Å². The largest absolute Gasteiger partial charge is 0.370 e. The molecule has 1 heterocycles. The van der Waals surface area contributed by atoms with Gasteiger partial charge in [0.15, 0.2) is 12.2 Å². The van der Waals surface area contributed by atoms with E-state index in [0.29, 0.717) is 18.2 Å². The first-order valence-corrected chi connectivity index (χ1v) is 8.67. The van der Waals surface area contributed by atoms with Crippen molar-refractivity contribution in [3.05, 3.63) is 11.1 Å². The van der Waals surface area contributed by atoms with Crippen LogP contribution in [0.1, 0.15) is 37.3 Å². The van der Waals surface area contributed by atoms with E-state index in [1.807, 2.05) is 5.38 Å². The summed E-state index contributed by atoms with van der Waals surface area (Å²) in [5, 5.41) is 12.0. The Morgan fingerprint density at radius 2 is 2.21 bits per heavy atom. The van der Waals surface area contributed by atoms with Gasteiger partial charge in [-0.15, -0.1) is 11.3 Å². The Morgan fingerprint density at radius 1 is 1.42 bits per heavy atom. The molecule has 2 rings (SSSR count). The second-order valence-electron chi connectivity index (χ2n) is 5.61. The number of nitriles is 1. The van der Waals surface area contributed by atoms with Gasteiger partial charge in [-0.3, -0.25) is 4.99 Å². The van der Waals surface area contributed by atoms with Gasteiger partial charge in [0, 0.05) is 23.9 Å². The highest BCUT2D eigenvalue weighted by Gasteiger charge is 2.30. The summed E-state index contributed by atoms with van der Waals surface area (Å²) in [7, 11) is 0. The van der Waals surface area contributed by atoms with Gasteiger partial charge in [0.25, 0.3) is 0 Å². The topological polar surface area (TPSA) is 169 Å². The summed E-state index contributed by atoms with van der Waals surface area (Å²) < 4.78 is 0. The smallest absolute Gasteiger partial charge is 0.212 e. The maximum atomic E-state index is 9.43. The van der Waals surface area contributed by atoms with Crippen LogP contribution in [0, 0.1) is 11.5 Å². The highest BCUT2D eigenvalue weighted by Crippen LogP contribution is 2.36. The van der Waals surface area contributed by atoms with Gasteiger partial charge < -0.3 is 22.9 Å². The molecule has 0 aromatic carbocycles. The summed E-state index contributed by atoms with van der Waals surface area (Å²) in [4.78, 5) is 14.1. The Morgan fingerprint density at radius 3 is 2.88 bits per heavy atom. The average molecular weight is 349 g/mol. The molecular weight excluding hydrogens is 326 g/mol. The molecule has 8 N–H and O–H groups in total. The van der Waals surface area contributed by atoms with Crippen LogP contribution in [0.15, 0.2) is 15.4 Å². The normalized spacial score (nSPS) is 21.1. The van der Waals surface area contributed by atoms with Crippen LogP contribution in [0.2, 0.25) is 0 Å². The lowest BCUT2D eigenvalue weighted by atomic mass is 9.83. The van der Waals surface area contributed by atoms with E-state index in [-0.39, 0.29) is 23.9 Å². The van der Waals surface area contributed by atoms with E-state index < -0.39 is 0 Å². The number of nitrogens with zero attached hydrogens (tertiary/aromatic N) is 5. The van der Waals surface area contributed by atoms with Crippen molar-refractivity contribution in [3.8, 4) is 6.19 Å². The van der Waals surface area contributed by atoms with E-state index >= 15 is 0 Å². The molecular formula is C14H23N9S. The molecule has 0 bridgehead atoms. The zero-order valence-corrected chi connectivity index (χ0v) is 14.2. The van der Waals surface area contributed by atoms with Crippen LogP contribution in [0.5, 0.6) is 0 Å². The van der Waals surface area contributed by atoms with Crippen LogP contribution >= 0.6 is 11.3 Å². The number of nitrogens with two attached hydrogens (primary N) is 4. The fourth-order valence-corrected chi connectivity index (χ4v) is 3.66. The van der Waals surface area contributed by atoms with E-state index in [4.69, 9.17) is 22.9 Å². The molecule has 24 heavy (non-hydrogen) atoms. The predicted molar refractivity (Wildman–Crippen MR) is 95.6 cm³/mol. The van der Waals surface area contributed by atoms with Gasteiger partial charge in [-0.05, 0) is 19.3 Å². The summed E-state index contributed by atoms with van der Waals surface area (Å²) >= 11 is 1.40. The predicted octanol–water partition coefficient (Wildman–Crippen LogP) is 0.131. The van der Waals surface area contributed by atoms with Crippen LogP contribution in [-0.2, 0) is 0 Å². The van der Waals surface area contributed by atoms with Crippen LogP contribution < -0.4 is 22.9 Å². The minimum absolute atomic E-state index is 0.00281. The summed E-state index contributed by atoms with van der Waals surface area (Å²) in [5.74, 6) is 0.478. The highest BCUT2D eigenvalue weighted by atomic mass is 32.1. The lowest BCUT2D eigenvalue weighted by Gasteiger charge is -2.33. The molecule has 0 aliphatic heterocycles. The third-order valence-electron chi connectivity index (χ3n) is 3.92. The molecule has 0 spiro atoms. The Hall–Kier alpha value is -2.38. The quantitative estimate of drug-likeness (QED) is 0.253. The summed E-state index contributed by atoms with van der Waals surface area (Å²) in [6.45, 7) is 0.813. The minimum atomic E-state index is -0.00281. The van der Waals surface area contributed by atoms with Gasteiger partial charge in [-0.1, -0.05) is 6.42 Å². The van der Waals surface area contributed by atoms with E-state index in [2.05, 4.69) is 21.2 Å². The lowest BCUT2D eigenvalue weighted by molar-refractivity contribution is 0.278.